The Morgan fingerprint density at radius 2 is 1.77 bits per heavy atom. The molecule has 0 bridgehead atoms. The number of rotatable bonds is 6. The van der Waals surface area contributed by atoms with Gasteiger partial charge in [-0.3, -0.25) is 14.4 Å². The Balaban J connectivity index is 1.99. The molecule has 0 saturated carbocycles. The summed E-state index contributed by atoms with van der Waals surface area (Å²) in [6.07, 6.45) is 3.58. The Hall–Kier alpha value is -3.75. The summed E-state index contributed by atoms with van der Waals surface area (Å²) in [7, 11) is 0. The zero-order valence-electron chi connectivity index (χ0n) is 20.4. The number of aromatic nitrogens is 3. The predicted octanol–water partition coefficient (Wildman–Crippen LogP) is 2.40. The maximum Gasteiger partial charge on any atom is 0.337 e. The second-order valence-electron chi connectivity index (χ2n) is 9.08. The van der Waals surface area contributed by atoms with Gasteiger partial charge in [-0.2, -0.15) is 0 Å². The van der Waals surface area contributed by atoms with Crippen molar-refractivity contribution in [3.63, 3.8) is 0 Å². The lowest BCUT2D eigenvalue weighted by atomic mass is 10.1. The molecule has 3 heterocycles. The third kappa shape index (κ3) is 4.89. The zero-order valence-corrected chi connectivity index (χ0v) is 20.4. The summed E-state index contributed by atoms with van der Waals surface area (Å²) >= 11 is 0. The number of nitrogens with zero attached hydrogens (tertiary/aromatic N) is 4. The summed E-state index contributed by atoms with van der Waals surface area (Å²) in [6, 6.07) is 10.3. The number of carbonyl (C=O) groups is 2. The van der Waals surface area contributed by atoms with Crippen LogP contribution in [0.2, 0.25) is 0 Å². The fraction of sp³-hybridized carbons (Fsp3) is 0.423. The van der Waals surface area contributed by atoms with Crippen molar-refractivity contribution >= 4 is 22.8 Å². The number of amides is 2. The zero-order chi connectivity index (χ0) is 25.1. The van der Waals surface area contributed by atoms with E-state index < -0.39 is 23.7 Å². The first-order valence-electron chi connectivity index (χ1n) is 12.1. The van der Waals surface area contributed by atoms with Crippen molar-refractivity contribution in [2.75, 3.05) is 13.1 Å². The fourth-order valence-corrected chi connectivity index (χ4v) is 4.41. The number of pyridine rings is 1. The van der Waals surface area contributed by atoms with Gasteiger partial charge in [0.25, 0.3) is 11.5 Å². The molecule has 0 unspecified atom stereocenters. The standard InChI is InChI=1S/C26H31N5O4/c1-4-17(2)27-21(32)16-30-25(34)22-20(24(33)29-13-9-6-10-14-29)15-18(3)28-23(22)31(26(30)35)19-11-7-5-8-12-19/h5,7-8,11-12,15,17H,4,6,9-10,13-14,16H2,1-3H3,(H,27,32)/t17-/m1/s1. The van der Waals surface area contributed by atoms with Gasteiger partial charge in [-0.1, -0.05) is 25.1 Å². The number of fused-ring (bicyclic) bond motifs is 1. The summed E-state index contributed by atoms with van der Waals surface area (Å²) in [6.45, 7) is 6.30. The van der Waals surface area contributed by atoms with Crippen LogP contribution in [0.1, 0.15) is 55.6 Å². The molecule has 4 rings (SSSR count). The second kappa shape index (κ2) is 10.2. The molecule has 1 N–H and O–H groups in total. The highest BCUT2D eigenvalue weighted by Crippen LogP contribution is 2.21. The Bertz CT molecular complexity index is 1370. The number of likely N-dealkylation sites (tertiary alicyclic amines) is 1. The number of hydrogen-bond donors (Lipinski definition) is 1. The molecule has 9 heteroatoms. The molecule has 2 amide bonds. The van der Waals surface area contributed by atoms with Crippen LogP contribution in [0.4, 0.5) is 0 Å². The van der Waals surface area contributed by atoms with Crippen LogP contribution >= 0.6 is 0 Å². The molecule has 0 radical (unpaired) electrons. The molecule has 2 aromatic heterocycles. The molecular weight excluding hydrogens is 446 g/mol. The van der Waals surface area contributed by atoms with Gasteiger partial charge in [-0.25, -0.2) is 18.9 Å². The Morgan fingerprint density at radius 1 is 1.09 bits per heavy atom. The van der Waals surface area contributed by atoms with E-state index in [0.29, 0.717) is 30.9 Å². The highest BCUT2D eigenvalue weighted by molar-refractivity contribution is 6.05. The number of nitrogens with one attached hydrogen (secondary N) is 1. The van der Waals surface area contributed by atoms with E-state index in [0.717, 1.165) is 23.8 Å². The molecule has 35 heavy (non-hydrogen) atoms. The van der Waals surface area contributed by atoms with Gasteiger partial charge in [0.05, 0.1) is 16.6 Å². The minimum absolute atomic E-state index is 0.0472. The Labute approximate surface area is 203 Å². The average Bonchev–Trinajstić information content (AvgIpc) is 2.86. The van der Waals surface area contributed by atoms with Crippen molar-refractivity contribution in [1.82, 2.24) is 24.3 Å². The van der Waals surface area contributed by atoms with Gasteiger partial charge in [0, 0.05) is 24.8 Å². The summed E-state index contributed by atoms with van der Waals surface area (Å²) in [5, 5.41) is 2.85. The molecule has 184 valence electrons. The van der Waals surface area contributed by atoms with Crippen molar-refractivity contribution in [2.24, 2.45) is 0 Å². The van der Waals surface area contributed by atoms with Gasteiger partial charge in [0.2, 0.25) is 5.91 Å². The molecule has 3 aromatic rings. The molecule has 1 aromatic carbocycles. The quantitative estimate of drug-likeness (QED) is 0.587. The van der Waals surface area contributed by atoms with E-state index in [1.165, 1.54) is 4.57 Å². The van der Waals surface area contributed by atoms with Crippen LogP contribution in [-0.2, 0) is 11.3 Å². The number of benzene rings is 1. The first-order valence-corrected chi connectivity index (χ1v) is 12.1. The fourth-order valence-electron chi connectivity index (χ4n) is 4.41. The van der Waals surface area contributed by atoms with Crippen molar-refractivity contribution in [3.8, 4) is 5.69 Å². The van der Waals surface area contributed by atoms with Gasteiger partial charge in [-0.05, 0) is 57.7 Å². The molecule has 0 aliphatic carbocycles. The third-order valence-electron chi connectivity index (χ3n) is 6.43. The van der Waals surface area contributed by atoms with Crippen LogP contribution in [0.15, 0.2) is 46.0 Å². The summed E-state index contributed by atoms with van der Waals surface area (Å²) in [4.78, 5) is 59.8. The van der Waals surface area contributed by atoms with Gasteiger partial charge in [-0.15, -0.1) is 0 Å². The number of para-hydroxylation sites is 1. The van der Waals surface area contributed by atoms with Crippen LogP contribution < -0.4 is 16.6 Å². The van der Waals surface area contributed by atoms with Crippen LogP contribution in [-0.4, -0.2) is 50.0 Å². The smallest absolute Gasteiger partial charge is 0.337 e. The second-order valence-corrected chi connectivity index (χ2v) is 9.08. The highest BCUT2D eigenvalue weighted by atomic mass is 16.2. The molecule has 1 aliphatic rings. The van der Waals surface area contributed by atoms with Crippen molar-refractivity contribution < 1.29 is 9.59 Å². The average molecular weight is 478 g/mol. The van der Waals surface area contributed by atoms with E-state index >= 15 is 0 Å². The summed E-state index contributed by atoms with van der Waals surface area (Å²) < 4.78 is 2.21. The summed E-state index contributed by atoms with van der Waals surface area (Å²) in [5.41, 5.74) is -0.0289. The lowest BCUT2D eigenvalue weighted by Gasteiger charge is -2.27. The molecular formula is C26H31N5O4. The normalized spacial score (nSPS) is 14.7. The van der Waals surface area contributed by atoms with Crippen molar-refractivity contribution in [1.29, 1.82) is 0 Å². The number of hydrogen-bond acceptors (Lipinski definition) is 5. The minimum atomic E-state index is -0.690. The van der Waals surface area contributed by atoms with Crippen LogP contribution in [0.25, 0.3) is 16.7 Å². The van der Waals surface area contributed by atoms with E-state index in [9.17, 15) is 19.2 Å². The maximum atomic E-state index is 13.7. The van der Waals surface area contributed by atoms with Gasteiger partial charge in [0.15, 0.2) is 5.65 Å². The summed E-state index contributed by atoms with van der Waals surface area (Å²) in [5.74, 6) is -0.701. The topological polar surface area (TPSA) is 106 Å². The van der Waals surface area contributed by atoms with Gasteiger partial charge >= 0.3 is 5.69 Å². The molecule has 1 fully saturated rings. The van der Waals surface area contributed by atoms with Gasteiger partial charge < -0.3 is 10.2 Å². The number of piperidine rings is 1. The molecule has 1 saturated heterocycles. The molecule has 1 aliphatic heterocycles. The molecule has 1 atom stereocenters. The third-order valence-corrected chi connectivity index (χ3v) is 6.43. The number of aryl methyl sites for hydroxylation is 1. The monoisotopic (exact) mass is 477 g/mol. The van der Waals surface area contributed by atoms with Crippen molar-refractivity contribution in [2.45, 2.75) is 59.0 Å². The van der Waals surface area contributed by atoms with E-state index in [2.05, 4.69) is 10.3 Å². The van der Waals surface area contributed by atoms with Crippen LogP contribution in [0, 0.1) is 6.92 Å². The largest absolute Gasteiger partial charge is 0.352 e. The van der Waals surface area contributed by atoms with E-state index in [4.69, 9.17) is 0 Å². The van der Waals surface area contributed by atoms with E-state index in [1.807, 2.05) is 19.9 Å². The Morgan fingerprint density at radius 3 is 2.43 bits per heavy atom. The Kier molecular flexibility index (Phi) is 7.14. The lowest BCUT2D eigenvalue weighted by Crippen LogP contribution is -2.45. The van der Waals surface area contributed by atoms with Crippen LogP contribution in [0.5, 0.6) is 0 Å². The molecule has 0 spiro atoms. The maximum absolute atomic E-state index is 13.7. The highest BCUT2D eigenvalue weighted by Gasteiger charge is 2.26. The van der Waals surface area contributed by atoms with E-state index in [-0.39, 0.29) is 28.5 Å². The van der Waals surface area contributed by atoms with E-state index in [1.54, 1.807) is 42.2 Å². The molecule has 9 nitrogen and oxygen atoms in total. The minimum Gasteiger partial charge on any atom is -0.352 e. The van der Waals surface area contributed by atoms with Crippen molar-refractivity contribution in [3.05, 3.63) is 68.5 Å². The SMILES string of the molecule is CC[C@@H](C)NC(=O)Cn1c(=O)c2c(C(=O)N3CCCCC3)cc(C)nc2n(-c2ccccc2)c1=O. The lowest BCUT2D eigenvalue weighted by molar-refractivity contribution is -0.122. The van der Waals surface area contributed by atoms with Crippen LogP contribution in [0.3, 0.4) is 0 Å². The first kappa shape index (κ1) is 24.4. The first-order chi connectivity index (χ1) is 16.8. The predicted molar refractivity (Wildman–Crippen MR) is 134 cm³/mol. The van der Waals surface area contributed by atoms with Gasteiger partial charge in [0.1, 0.15) is 6.54 Å². The number of carbonyl (C=O) groups excluding carboxylic acids is 2.